The molecule has 0 unspecified atom stereocenters. The van der Waals surface area contributed by atoms with E-state index >= 15 is 0 Å². The predicted octanol–water partition coefficient (Wildman–Crippen LogP) is 1.93. The van der Waals surface area contributed by atoms with E-state index in [2.05, 4.69) is 44.0 Å². The zero-order chi connectivity index (χ0) is 27.1. The number of carbonyl (C=O) groups is 2. The molecule has 4 rings (SSSR count). The quantitative estimate of drug-likeness (QED) is 0.272. The van der Waals surface area contributed by atoms with Crippen LogP contribution in [0.5, 0.6) is 0 Å². The van der Waals surface area contributed by atoms with Gasteiger partial charge >= 0.3 is 6.03 Å². The first-order valence-electron chi connectivity index (χ1n) is 12.3. The maximum atomic E-state index is 12.3. The van der Waals surface area contributed by atoms with Crippen LogP contribution < -0.4 is 27.0 Å². The Labute approximate surface area is 222 Å². The highest BCUT2D eigenvalue weighted by molar-refractivity contribution is 6.05. The Morgan fingerprint density at radius 3 is 2.34 bits per heavy atom. The predicted molar refractivity (Wildman–Crippen MR) is 152 cm³/mol. The first kappa shape index (κ1) is 26.4. The average Bonchev–Trinajstić information content (AvgIpc) is 3.40. The first-order chi connectivity index (χ1) is 18.3. The van der Waals surface area contributed by atoms with Gasteiger partial charge in [-0.1, -0.05) is 24.8 Å². The van der Waals surface area contributed by atoms with Crippen molar-refractivity contribution in [2.45, 2.75) is 0 Å². The van der Waals surface area contributed by atoms with E-state index in [4.69, 9.17) is 11.5 Å². The van der Waals surface area contributed by atoms with Crippen molar-refractivity contribution >= 4 is 46.5 Å². The molecule has 0 aromatic heterocycles. The molecule has 2 aromatic rings. The normalized spacial score (nSPS) is 16.7. The van der Waals surface area contributed by atoms with Crippen molar-refractivity contribution in [3.05, 3.63) is 72.8 Å². The Hall–Kier alpha value is -4.64. The fraction of sp³-hybridized carbons (Fsp3) is 0.259. The second kappa shape index (κ2) is 12.1. The van der Waals surface area contributed by atoms with E-state index in [1.54, 1.807) is 17.0 Å². The largest absolute Gasteiger partial charge is 0.369 e. The number of likely N-dealkylation sites (N-methyl/N-ethyl adjacent to an activating group) is 1. The van der Waals surface area contributed by atoms with E-state index in [9.17, 15) is 9.59 Å². The molecule has 2 aliphatic heterocycles. The van der Waals surface area contributed by atoms with Crippen molar-refractivity contribution in [3.63, 3.8) is 0 Å². The van der Waals surface area contributed by atoms with E-state index in [-0.39, 0.29) is 17.8 Å². The summed E-state index contributed by atoms with van der Waals surface area (Å²) in [5.74, 6) is -0.360. The molecule has 0 radical (unpaired) electrons. The molecule has 0 aliphatic carbocycles. The van der Waals surface area contributed by atoms with E-state index in [0.717, 1.165) is 43.0 Å². The number of benzene rings is 2. The summed E-state index contributed by atoms with van der Waals surface area (Å²) in [6, 6.07) is 14.5. The molecule has 11 nitrogen and oxygen atoms in total. The number of rotatable bonds is 5. The average molecular weight is 516 g/mol. The molecule has 0 bridgehead atoms. The van der Waals surface area contributed by atoms with E-state index in [1.165, 1.54) is 6.08 Å². The Morgan fingerprint density at radius 1 is 1.00 bits per heavy atom. The minimum Gasteiger partial charge on any atom is -0.369 e. The van der Waals surface area contributed by atoms with Crippen molar-refractivity contribution in [3.8, 4) is 0 Å². The number of piperazine rings is 1. The monoisotopic (exact) mass is 515 g/mol. The van der Waals surface area contributed by atoms with E-state index in [1.807, 2.05) is 42.5 Å². The SMILES string of the molecule is C=CC(=O)N1CC=C(c2ccc(NC(=O)N/C(N)=N\C(N)=Nc3ccc(N4CCN(C)CC4)cc3)cc2)C1. The number of nitrogens with one attached hydrogen (secondary N) is 2. The molecule has 2 aromatic carbocycles. The van der Waals surface area contributed by atoms with Gasteiger partial charge in [0.2, 0.25) is 17.8 Å². The standard InChI is InChI=1S/C27H33N9O2/c1-3-24(37)36-13-12-20(18-36)19-4-6-22(7-5-19)31-27(38)33-26(29)32-25(28)30-21-8-10-23(11-9-21)35-16-14-34(2)15-17-35/h3-12H,1,13-18H2,2H3,(H6,28,29,30,31,32,33,38). The fourth-order valence-corrected chi connectivity index (χ4v) is 4.22. The minimum absolute atomic E-state index is 0.0756. The summed E-state index contributed by atoms with van der Waals surface area (Å²) >= 11 is 0. The number of hydrogen-bond donors (Lipinski definition) is 4. The molecule has 2 heterocycles. The number of hydrogen-bond acceptors (Lipinski definition) is 5. The maximum Gasteiger partial charge on any atom is 0.325 e. The number of aliphatic imine (C=N–C) groups is 2. The lowest BCUT2D eigenvalue weighted by atomic mass is 10.1. The van der Waals surface area contributed by atoms with Crippen LogP contribution in [-0.4, -0.2) is 80.0 Å². The van der Waals surface area contributed by atoms with Gasteiger partial charge < -0.3 is 31.5 Å². The summed E-state index contributed by atoms with van der Waals surface area (Å²) in [7, 11) is 2.12. The number of nitrogens with zero attached hydrogens (tertiary/aromatic N) is 5. The highest BCUT2D eigenvalue weighted by Gasteiger charge is 2.18. The van der Waals surface area contributed by atoms with Gasteiger partial charge in [-0.3, -0.25) is 10.1 Å². The third-order valence-electron chi connectivity index (χ3n) is 6.36. The van der Waals surface area contributed by atoms with Crippen molar-refractivity contribution in [2.75, 3.05) is 56.5 Å². The number of amides is 3. The van der Waals surface area contributed by atoms with Crippen LogP contribution in [0.1, 0.15) is 5.56 Å². The molecule has 0 saturated carbocycles. The van der Waals surface area contributed by atoms with Crippen molar-refractivity contribution in [2.24, 2.45) is 21.5 Å². The molecular formula is C27H33N9O2. The molecule has 6 N–H and O–H groups in total. The summed E-state index contributed by atoms with van der Waals surface area (Å²) in [6.07, 6.45) is 3.31. The lowest BCUT2D eigenvalue weighted by Gasteiger charge is -2.34. The number of nitrogens with two attached hydrogens (primary N) is 2. The second-order valence-electron chi connectivity index (χ2n) is 9.08. The van der Waals surface area contributed by atoms with Gasteiger partial charge in [-0.15, -0.1) is 0 Å². The van der Waals surface area contributed by atoms with Gasteiger partial charge in [0, 0.05) is 50.6 Å². The van der Waals surface area contributed by atoms with Crippen molar-refractivity contribution in [1.29, 1.82) is 0 Å². The number of carbonyl (C=O) groups excluding carboxylic acids is 2. The fourth-order valence-electron chi connectivity index (χ4n) is 4.22. The van der Waals surface area contributed by atoms with Crippen LogP contribution >= 0.6 is 0 Å². The lowest BCUT2D eigenvalue weighted by molar-refractivity contribution is -0.124. The molecule has 0 atom stereocenters. The van der Waals surface area contributed by atoms with Gasteiger partial charge in [0.25, 0.3) is 0 Å². The Morgan fingerprint density at radius 2 is 1.68 bits per heavy atom. The topological polar surface area (TPSA) is 145 Å². The van der Waals surface area contributed by atoms with E-state index in [0.29, 0.717) is 24.5 Å². The van der Waals surface area contributed by atoms with Crippen LogP contribution in [-0.2, 0) is 4.79 Å². The lowest BCUT2D eigenvalue weighted by Crippen LogP contribution is -2.44. The van der Waals surface area contributed by atoms with Crippen molar-refractivity contribution in [1.82, 2.24) is 15.1 Å². The zero-order valence-corrected chi connectivity index (χ0v) is 21.4. The van der Waals surface area contributed by atoms with Gasteiger partial charge in [-0.05, 0) is 60.7 Å². The highest BCUT2D eigenvalue weighted by Crippen LogP contribution is 2.23. The molecular weight excluding hydrogens is 482 g/mol. The smallest absolute Gasteiger partial charge is 0.325 e. The van der Waals surface area contributed by atoms with Gasteiger partial charge in [0.15, 0.2) is 0 Å². The minimum atomic E-state index is -0.564. The van der Waals surface area contributed by atoms with Crippen LogP contribution in [0.3, 0.4) is 0 Å². The van der Waals surface area contributed by atoms with Crippen LogP contribution in [0.15, 0.2) is 77.2 Å². The summed E-state index contributed by atoms with van der Waals surface area (Å²) < 4.78 is 0. The second-order valence-corrected chi connectivity index (χ2v) is 9.08. The number of anilines is 2. The van der Waals surface area contributed by atoms with Crippen LogP contribution in [0, 0.1) is 0 Å². The van der Waals surface area contributed by atoms with Crippen LogP contribution in [0.4, 0.5) is 21.9 Å². The zero-order valence-electron chi connectivity index (χ0n) is 21.4. The number of urea groups is 1. The van der Waals surface area contributed by atoms with Crippen LogP contribution in [0.25, 0.3) is 5.57 Å². The summed E-state index contributed by atoms with van der Waals surface area (Å²) in [6.45, 7) is 8.62. The van der Waals surface area contributed by atoms with Gasteiger partial charge in [-0.25, -0.2) is 9.79 Å². The first-order valence-corrected chi connectivity index (χ1v) is 12.3. The summed E-state index contributed by atoms with van der Waals surface area (Å²) in [5.41, 5.74) is 16.1. The van der Waals surface area contributed by atoms with E-state index < -0.39 is 6.03 Å². The Bertz CT molecular complexity index is 1260. The molecule has 0 spiro atoms. The summed E-state index contributed by atoms with van der Waals surface area (Å²) in [5, 5.41) is 5.13. The Kier molecular flexibility index (Phi) is 8.39. The Balaban J connectivity index is 1.27. The highest BCUT2D eigenvalue weighted by atomic mass is 16.2. The van der Waals surface area contributed by atoms with Crippen LogP contribution in [0.2, 0.25) is 0 Å². The molecule has 38 heavy (non-hydrogen) atoms. The van der Waals surface area contributed by atoms with Gasteiger partial charge in [-0.2, -0.15) is 4.99 Å². The number of guanidine groups is 2. The van der Waals surface area contributed by atoms with Gasteiger partial charge in [0.05, 0.1) is 5.69 Å². The molecule has 198 valence electrons. The molecule has 1 fully saturated rings. The maximum absolute atomic E-state index is 12.3. The van der Waals surface area contributed by atoms with Crippen molar-refractivity contribution < 1.29 is 9.59 Å². The third kappa shape index (κ3) is 6.98. The summed E-state index contributed by atoms with van der Waals surface area (Å²) in [4.78, 5) is 38.6. The van der Waals surface area contributed by atoms with Gasteiger partial charge in [0.1, 0.15) is 0 Å². The molecule has 3 amide bonds. The third-order valence-corrected chi connectivity index (χ3v) is 6.36. The molecule has 2 aliphatic rings. The molecule has 11 heteroatoms. The molecule has 1 saturated heterocycles.